The summed E-state index contributed by atoms with van der Waals surface area (Å²) in [5, 5.41) is 10.1. The molecule has 1 unspecified atom stereocenters. The molecule has 0 aromatic rings. The van der Waals surface area contributed by atoms with Crippen molar-refractivity contribution >= 4 is 17.8 Å². The van der Waals surface area contributed by atoms with Crippen LogP contribution in [0, 0.1) is 0 Å². The quantitative estimate of drug-likeness (QED) is 0.282. The van der Waals surface area contributed by atoms with E-state index in [1.54, 1.807) is 0 Å². The average Bonchev–Trinajstić information content (AvgIpc) is 2.03. The Balaban J connectivity index is 4.05. The summed E-state index contributed by atoms with van der Waals surface area (Å²) in [6.07, 6.45) is -0.997. The molecular formula is C8H11NO5. The highest BCUT2D eigenvalue weighted by atomic mass is 16.6. The minimum Gasteiger partial charge on any atom is -0.474 e. The number of rotatable bonds is 3. The van der Waals surface area contributed by atoms with Crippen LogP contribution in [0.25, 0.3) is 0 Å². The Bertz CT molecular complexity index is 255. The number of carbonyl (C=O) groups is 3. The van der Waals surface area contributed by atoms with Crippen LogP contribution in [0.2, 0.25) is 0 Å². The summed E-state index contributed by atoms with van der Waals surface area (Å²) < 4.78 is 4.60. The summed E-state index contributed by atoms with van der Waals surface area (Å²) in [4.78, 5) is 31.5. The second kappa shape index (κ2) is 5.00. The molecule has 6 nitrogen and oxygen atoms in total. The fourth-order valence-corrected chi connectivity index (χ4v) is 0.537. The van der Waals surface area contributed by atoms with Crippen LogP contribution in [-0.4, -0.2) is 29.2 Å². The molecule has 0 fully saturated rings. The van der Waals surface area contributed by atoms with Gasteiger partial charge in [0.05, 0.1) is 0 Å². The summed E-state index contributed by atoms with van der Waals surface area (Å²) in [7, 11) is 0. The lowest BCUT2D eigenvalue weighted by Crippen LogP contribution is -2.40. The summed E-state index contributed by atoms with van der Waals surface area (Å²) in [6, 6.07) is 0. The number of hydrogen-bond donors (Lipinski definition) is 2. The summed E-state index contributed by atoms with van der Waals surface area (Å²) in [5.74, 6) is -3.56. The third-order valence-corrected chi connectivity index (χ3v) is 1.16. The average molecular weight is 201 g/mol. The number of aliphatic carboxylic acids is 1. The SMILES string of the molecule is C=C(C)C(=O)OC(C)NC(=O)C(=O)O. The molecule has 0 heterocycles. The molecule has 2 N–H and O–H groups in total. The Kier molecular flexibility index (Phi) is 4.34. The first-order valence-corrected chi connectivity index (χ1v) is 3.75. The van der Waals surface area contributed by atoms with Crippen LogP contribution < -0.4 is 5.32 Å². The largest absolute Gasteiger partial charge is 0.474 e. The van der Waals surface area contributed by atoms with Crippen LogP contribution in [0.5, 0.6) is 0 Å². The van der Waals surface area contributed by atoms with Crippen molar-refractivity contribution in [2.45, 2.75) is 20.1 Å². The van der Waals surface area contributed by atoms with Crippen molar-refractivity contribution in [3.8, 4) is 0 Å². The second-order valence-corrected chi connectivity index (χ2v) is 2.61. The van der Waals surface area contributed by atoms with Gasteiger partial charge in [0.2, 0.25) is 0 Å². The maximum Gasteiger partial charge on any atom is 0.394 e. The first-order valence-electron chi connectivity index (χ1n) is 3.75. The van der Waals surface area contributed by atoms with E-state index in [0.717, 1.165) is 0 Å². The molecule has 0 radical (unpaired) electrons. The third-order valence-electron chi connectivity index (χ3n) is 1.16. The van der Waals surface area contributed by atoms with Gasteiger partial charge >= 0.3 is 17.8 Å². The van der Waals surface area contributed by atoms with E-state index in [1.807, 2.05) is 5.32 Å². The van der Waals surface area contributed by atoms with Gasteiger partial charge in [0.25, 0.3) is 0 Å². The van der Waals surface area contributed by atoms with Crippen molar-refractivity contribution < 1.29 is 24.2 Å². The Hall–Kier alpha value is -1.85. The maximum atomic E-state index is 10.9. The molecule has 0 aliphatic carbocycles. The Morgan fingerprint density at radius 1 is 1.43 bits per heavy atom. The van der Waals surface area contributed by atoms with Crippen LogP contribution in [0.3, 0.4) is 0 Å². The summed E-state index contributed by atoms with van der Waals surface area (Å²) >= 11 is 0. The molecule has 0 rings (SSSR count). The van der Waals surface area contributed by atoms with E-state index >= 15 is 0 Å². The highest BCUT2D eigenvalue weighted by Crippen LogP contribution is 1.95. The van der Waals surface area contributed by atoms with E-state index in [2.05, 4.69) is 11.3 Å². The van der Waals surface area contributed by atoms with E-state index in [4.69, 9.17) is 5.11 Å². The predicted octanol–water partition coefficient (Wildman–Crippen LogP) is -0.348. The van der Waals surface area contributed by atoms with Crippen molar-refractivity contribution in [2.75, 3.05) is 0 Å². The van der Waals surface area contributed by atoms with Gasteiger partial charge in [-0.25, -0.2) is 9.59 Å². The van der Waals surface area contributed by atoms with Crippen molar-refractivity contribution in [1.29, 1.82) is 0 Å². The lowest BCUT2D eigenvalue weighted by atomic mass is 10.4. The normalized spacial score (nSPS) is 11.3. The van der Waals surface area contributed by atoms with Crippen LogP contribution in [0.1, 0.15) is 13.8 Å². The number of amides is 1. The lowest BCUT2D eigenvalue weighted by molar-refractivity contribution is -0.155. The number of carboxylic acid groups (broad SMARTS) is 1. The fraction of sp³-hybridized carbons (Fsp3) is 0.375. The van der Waals surface area contributed by atoms with Gasteiger partial charge in [0.1, 0.15) is 0 Å². The molecule has 14 heavy (non-hydrogen) atoms. The number of nitrogens with one attached hydrogen (secondary N) is 1. The monoisotopic (exact) mass is 201 g/mol. The Morgan fingerprint density at radius 2 is 1.93 bits per heavy atom. The first kappa shape index (κ1) is 12.2. The van der Waals surface area contributed by atoms with Crippen molar-refractivity contribution in [1.82, 2.24) is 5.32 Å². The molecule has 0 aliphatic heterocycles. The topological polar surface area (TPSA) is 92.7 Å². The van der Waals surface area contributed by atoms with E-state index < -0.39 is 24.1 Å². The summed E-state index contributed by atoms with van der Waals surface area (Å²) in [6.45, 7) is 6.09. The zero-order valence-corrected chi connectivity index (χ0v) is 7.86. The van der Waals surface area contributed by atoms with Crippen molar-refractivity contribution in [3.05, 3.63) is 12.2 Å². The molecule has 0 saturated carbocycles. The van der Waals surface area contributed by atoms with Gasteiger partial charge in [-0.3, -0.25) is 4.79 Å². The van der Waals surface area contributed by atoms with Crippen molar-refractivity contribution in [3.63, 3.8) is 0 Å². The smallest absolute Gasteiger partial charge is 0.394 e. The highest BCUT2D eigenvalue weighted by Gasteiger charge is 2.16. The van der Waals surface area contributed by atoms with E-state index in [0.29, 0.717) is 0 Å². The molecule has 1 amide bonds. The van der Waals surface area contributed by atoms with Crippen LogP contribution in [0.15, 0.2) is 12.2 Å². The van der Waals surface area contributed by atoms with Gasteiger partial charge in [-0.2, -0.15) is 0 Å². The Labute approximate surface area is 80.5 Å². The number of carboxylic acids is 1. The van der Waals surface area contributed by atoms with E-state index in [1.165, 1.54) is 13.8 Å². The Morgan fingerprint density at radius 3 is 2.29 bits per heavy atom. The molecule has 0 aromatic carbocycles. The number of esters is 1. The van der Waals surface area contributed by atoms with E-state index in [9.17, 15) is 14.4 Å². The maximum absolute atomic E-state index is 10.9. The molecule has 0 spiro atoms. The van der Waals surface area contributed by atoms with Crippen molar-refractivity contribution in [2.24, 2.45) is 0 Å². The third kappa shape index (κ3) is 4.24. The van der Waals surface area contributed by atoms with Gasteiger partial charge in [0, 0.05) is 5.57 Å². The molecule has 6 heteroatoms. The first-order chi connectivity index (χ1) is 6.34. The molecule has 0 aromatic heterocycles. The number of hydrogen-bond acceptors (Lipinski definition) is 4. The lowest BCUT2D eigenvalue weighted by Gasteiger charge is -2.12. The standard InChI is InChI=1S/C8H11NO5/c1-4(2)8(13)14-5(3)9-6(10)7(11)12/h5H,1H2,2-3H3,(H,9,10)(H,11,12). The molecule has 1 atom stereocenters. The zero-order chi connectivity index (χ0) is 11.3. The summed E-state index contributed by atoms with van der Waals surface area (Å²) in [5.41, 5.74) is 0.168. The number of carbonyl (C=O) groups excluding carboxylic acids is 2. The highest BCUT2D eigenvalue weighted by molar-refractivity contribution is 6.31. The molecular weight excluding hydrogens is 190 g/mol. The van der Waals surface area contributed by atoms with E-state index in [-0.39, 0.29) is 5.57 Å². The van der Waals surface area contributed by atoms with Gasteiger partial charge < -0.3 is 15.2 Å². The molecule has 0 saturated heterocycles. The van der Waals surface area contributed by atoms with Crippen LogP contribution in [0.4, 0.5) is 0 Å². The fourth-order valence-electron chi connectivity index (χ4n) is 0.537. The van der Waals surface area contributed by atoms with Crippen LogP contribution in [-0.2, 0) is 19.1 Å². The molecule has 78 valence electrons. The molecule has 0 bridgehead atoms. The number of ether oxygens (including phenoxy) is 1. The van der Waals surface area contributed by atoms with Gasteiger partial charge in [-0.05, 0) is 13.8 Å². The second-order valence-electron chi connectivity index (χ2n) is 2.61. The predicted molar refractivity (Wildman–Crippen MR) is 46.1 cm³/mol. The van der Waals surface area contributed by atoms with Gasteiger partial charge in [-0.15, -0.1) is 0 Å². The minimum absolute atomic E-state index is 0.168. The van der Waals surface area contributed by atoms with Gasteiger partial charge in [-0.1, -0.05) is 6.58 Å². The van der Waals surface area contributed by atoms with Crippen LogP contribution >= 0.6 is 0 Å². The van der Waals surface area contributed by atoms with Gasteiger partial charge in [0.15, 0.2) is 6.23 Å². The molecule has 0 aliphatic rings. The zero-order valence-electron chi connectivity index (χ0n) is 7.86. The minimum atomic E-state index is -1.64.